The van der Waals surface area contributed by atoms with Crippen molar-refractivity contribution in [2.45, 2.75) is 77.7 Å². The Kier molecular flexibility index (Phi) is 10.6. The molecule has 0 unspecified atom stereocenters. The molecular formula is C22H35N3O3. The maximum Gasteiger partial charge on any atom is 0.407 e. The number of carbonyl (C=O) groups is 1. The third kappa shape index (κ3) is 11.6. The van der Waals surface area contributed by atoms with Crippen molar-refractivity contribution in [3.05, 3.63) is 35.9 Å². The maximum absolute atomic E-state index is 11.8. The molecule has 0 aromatic heterocycles. The number of nitrogens with one attached hydrogen (secondary N) is 1. The highest BCUT2D eigenvalue weighted by atomic mass is 16.6. The van der Waals surface area contributed by atoms with Crippen LogP contribution in [0, 0.1) is 11.3 Å². The van der Waals surface area contributed by atoms with E-state index < -0.39 is 11.7 Å². The summed E-state index contributed by atoms with van der Waals surface area (Å²) in [5.41, 5.74) is 0.693. The first-order chi connectivity index (χ1) is 13.2. The van der Waals surface area contributed by atoms with E-state index in [9.17, 15) is 9.90 Å². The van der Waals surface area contributed by atoms with E-state index in [2.05, 4.69) is 22.3 Å². The van der Waals surface area contributed by atoms with Crippen LogP contribution in [0.2, 0.25) is 0 Å². The van der Waals surface area contributed by atoms with Gasteiger partial charge in [-0.3, -0.25) is 4.90 Å². The Morgan fingerprint density at radius 2 is 1.96 bits per heavy atom. The molecule has 0 aliphatic heterocycles. The summed E-state index contributed by atoms with van der Waals surface area (Å²) >= 11 is 0. The fourth-order valence-electron chi connectivity index (χ4n) is 2.91. The van der Waals surface area contributed by atoms with E-state index in [0.717, 1.165) is 32.4 Å². The van der Waals surface area contributed by atoms with Gasteiger partial charge in [-0.1, -0.05) is 36.8 Å². The number of rotatable bonds is 11. The molecule has 1 amide bonds. The zero-order valence-corrected chi connectivity index (χ0v) is 17.6. The summed E-state index contributed by atoms with van der Waals surface area (Å²) in [6, 6.07) is 12.2. The molecule has 0 saturated heterocycles. The van der Waals surface area contributed by atoms with Gasteiger partial charge in [0.2, 0.25) is 0 Å². The number of nitrogens with zero attached hydrogens (tertiary/aromatic N) is 2. The highest BCUT2D eigenvalue weighted by Gasteiger charge is 2.17. The molecule has 28 heavy (non-hydrogen) atoms. The average Bonchev–Trinajstić information content (AvgIpc) is 2.58. The summed E-state index contributed by atoms with van der Waals surface area (Å²) < 4.78 is 5.27. The third-order valence-electron chi connectivity index (χ3n) is 4.17. The van der Waals surface area contributed by atoms with Crippen molar-refractivity contribution in [3.63, 3.8) is 0 Å². The van der Waals surface area contributed by atoms with E-state index in [1.54, 1.807) is 0 Å². The SMILES string of the molecule is C[C@@H](CCCCN(Cc1ccccc1)C[C@H](O)CC#N)NC(=O)OC(C)(C)C. The van der Waals surface area contributed by atoms with Crippen LogP contribution in [0.15, 0.2) is 30.3 Å². The van der Waals surface area contributed by atoms with Crippen LogP contribution in [0.25, 0.3) is 0 Å². The first-order valence-electron chi connectivity index (χ1n) is 10.0. The number of aliphatic hydroxyl groups is 1. The predicted molar refractivity (Wildman–Crippen MR) is 111 cm³/mol. The normalized spacial score (nSPS) is 13.6. The molecule has 1 aromatic carbocycles. The second-order valence-electron chi connectivity index (χ2n) is 8.28. The van der Waals surface area contributed by atoms with Crippen LogP contribution >= 0.6 is 0 Å². The second-order valence-corrected chi connectivity index (χ2v) is 8.28. The van der Waals surface area contributed by atoms with Gasteiger partial charge in [-0.15, -0.1) is 0 Å². The monoisotopic (exact) mass is 389 g/mol. The molecule has 6 nitrogen and oxygen atoms in total. The van der Waals surface area contributed by atoms with Gasteiger partial charge in [0.15, 0.2) is 0 Å². The highest BCUT2D eigenvalue weighted by Crippen LogP contribution is 2.11. The number of carbonyl (C=O) groups excluding carboxylic acids is 1. The van der Waals surface area contributed by atoms with Crippen molar-refractivity contribution < 1.29 is 14.6 Å². The molecule has 156 valence electrons. The van der Waals surface area contributed by atoms with Crippen LogP contribution in [0.1, 0.15) is 58.9 Å². The topological polar surface area (TPSA) is 85.6 Å². The third-order valence-corrected chi connectivity index (χ3v) is 4.17. The molecule has 0 radical (unpaired) electrons. The van der Waals surface area contributed by atoms with E-state index in [-0.39, 0.29) is 18.6 Å². The number of amides is 1. The predicted octanol–water partition coefficient (Wildman–Crippen LogP) is 3.85. The van der Waals surface area contributed by atoms with Crippen LogP contribution in [0.4, 0.5) is 4.79 Å². The molecule has 2 atom stereocenters. The summed E-state index contributed by atoms with van der Waals surface area (Å²) in [6.45, 7) is 9.57. The van der Waals surface area contributed by atoms with Crippen molar-refractivity contribution in [2.24, 2.45) is 0 Å². The molecule has 0 saturated carbocycles. The van der Waals surface area contributed by atoms with Crippen molar-refractivity contribution in [1.82, 2.24) is 10.2 Å². The zero-order chi connectivity index (χ0) is 21.0. The Morgan fingerprint density at radius 3 is 2.57 bits per heavy atom. The number of benzene rings is 1. The standard InChI is InChI=1S/C22H35N3O3/c1-18(24-21(27)28-22(2,3)4)10-8-9-15-25(17-20(26)13-14-23)16-19-11-6-5-7-12-19/h5-7,11-12,18,20,26H,8-10,13,15-17H2,1-4H3,(H,24,27)/t18-,20+/m0/s1. The van der Waals surface area contributed by atoms with Crippen molar-refractivity contribution in [1.29, 1.82) is 5.26 Å². The molecular weight excluding hydrogens is 354 g/mol. The highest BCUT2D eigenvalue weighted by molar-refractivity contribution is 5.67. The van der Waals surface area contributed by atoms with Crippen LogP contribution in [-0.4, -0.2) is 46.9 Å². The number of alkyl carbamates (subject to hydrolysis) is 1. The second kappa shape index (κ2) is 12.4. The van der Waals surface area contributed by atoms with Gasteiger partial charge in [-0.25, -0.2) is 4.79 Å². The van der Waals surface area contributed by atoms with Gasteiger partial charge in [0, 0.05) is 19.1 Å². The Hall–Kier alpha value is -2.10. The molecule has 0 heterocycles. The van der Waals surface area contributed by atoms with E-state index in [0.29, 0.717) is 6.54 Å². The number of unbranched alkanes of at least 4 members (excludes halogenated alkanes) is 1. The van der Waals surface area contributed by atoms with Crippen molar-refractivity contribution >= 4 is 6.09 Å². The largest absolute Gasteiger partial charge is 0.444 e. The fraction of sp³-hybridized carbons (Fsp3) is 0.636. The molecule has 0 aliphatic carbocycles. The van der Waals surface area contributed by atoms with Crippen LogP contribution < -0.4 is 5.32 Å². The number of hydrogen-bond donors (Lipinski definition) is 2. The zero-order valence-electron chi connectivity index (χ0n) is 17.6. The van der Waals surface area contributed by atoms with E-state index in [1.807, 2.05) is 52.0 Å². The quantitative estimate of drug-likeness (QED) is 0.562. The molecule has 6 heteroatoms. The van der Waals surface area contributed by atoms with Gasteiger partial charge in [0.25, 0.3) is 0 Å². The van der Waals surface area contributed by atoms with E-state index >= 15 is 0 Å². The van der Waals surface area contributed by atoms with Gasteiger partial charge >= 0.3 is 6.09 Å². The lowest BCUT2D eigenvalue weighted by Crippen LogP contribution is -2.37. The smallest absolute Gasteiger partial charge is 0.407 e. The van der Waals surface area contributed by atoms with Crippen LogP contribution in [0.3, 0.4) is 0 Å². The van der Waals surface area contributed by atoms with Gasteiger partial charge in [0.1, 0.15) is 5.60 Å². The minimum absolute atomic E-state index is 0.0432. The molecule has 1 rings (SSSR count). The molecule has 0 fully saturated rings. The first-order valence-corrected chi connectivity index (χ1v) is 10.0. The lowest BCUT2D eigenvalue weighted by molar-refractivity contribution is 0.0505. The van der Waals surface area contributed by atoms with Gasteiger partial charge in [-0.2, -0.15) is 5.26 Å². The molecule has 1 aromatic rings. The summed E-state index contributed by atoms with van der Waals surface area (Å²) in [5.74, 6) is 0. The maximum atomic E-state index is 11.8. The van der Waals surface area contributed by atoms with Gasteiger partial charge < -0.3 is 15.2 Å². The number of hydrogen-bond acceptors (Lipinski definition) is 5. The summed E-state index contributed by atoms with van der Waals surface area (Å²) in [5, 5.41) is 21.7. The fourth-order valence-corrected chi connectivity index (χ4v) is 2.91. The van der Waals surface area contributed by atoms with Crippen LogP contribution in [-0.2, 0) is 11.3 Å². The number of nitriles is 1. The van der Waals surface area contributed by atoms with E-state index in [4.69, 9.17) is 10.00 Å². The average molecular weight is 390 g/mol. The number of ether oxygens (including phenoxy) is 1. The Balaban J connectivity index is 2.40. The number of aliphatic hydroxyl groups excluding tert-OH is 1. The summed E-state index contributed by atoms with van der Waals surface area (Å²) in [6.07, 6.45) is 1.89. The molecule has 2 N–H and O–H groups in total. The molecule has 0 spiro atoms. The van der Waals surface area contributed by atoms with Gasteiger partial charge in [-0.05, 0) is 52.6 Å². The lowest BCUT2D eigenvalue weighted by atomic mass is 10.1. The first kappa shape index (κ1) is 23.9. The summed E-state index contributed by atoms with van der Waals surface area (Å²) in [7, 11) is 0. The molecule has 0 aliphatic rings. The Bertz CT molecular complexity index is 608. The lowest BCUT2D eigenvalue weighted by Gasteiger charge is -2.25. The van der Waals surface area contributed by atoms with E-state index in [1.165, 1.54) is 5.56 Å². The minimum atomic E-state index is -0.638. The summed E-state index contributed by atoms with van der Waals surface area (Å²) in [4.78, 5) is 14.0. The Labute approximate surface area is 169 Å². The molecule has 0 bridgehead atoms. The Morgan fingerprint density at radius 1 is 1.29 bits per heavy atom. The van der Waals surface area contributed by atoms with Crippen molar-refractivity contribution in [3.8, 4) is 6.07 Å². The minimum Gasteiger partial charge on any atom is -0.444 e. The van der Waals surface area contributed by atoms with Gasteiger partial charge in [0.05, 0.1) is 18.6 Å². The van der Waals surface area contributed by atoms with Crippen molar-refractivity contribution in [2.75, 3.05) is 13.1 Å². The van der Waals surface area contributed by atoms with Crippen LogP contribution in [0.5, 0.6) is 0 Å².